The maximum absolute atomic E-state index is 13.3. The Labute approximate surface area is 106 Å². The van der Waals surface area contributed by atoms with Gasteiger partial charge in [-0.2, -0.15) is 0 Å². The van der Waals surface area contributed by atoms with Gasteiger partial charge in [0.15, 0.2) is 5.78 Å². The highest BCUT2D eigenvalue weighted by atomic mass is 35.5. The van der Waals surface area contributed by atoms with Gasteiger partial charge >= 0.3 is 0 Å². The van der Waals surface area contributed by atoms with E-state index in [1.54, 1.807) is 6.07 Å². The third-order valence-corrected chi connectivity index (χ3v) is 3.74. The first-order valence-corrected chi connectivity index (χ1v) is 6.55. The van der Waals surface area contributed by atoms with Crippen LogP contribution in [0.25, 0.3) is 0 Å². The van der Waals surface area contributed by atoms with Gasteiger partial charge in [0.25, 0.3) is 0 Å². The monoisotopic (exact) mass is 254 g/mol. The number of hydrogen-bond acceptors (Lipinski definition) is 1. The van der Waals surface area contributed by atoms with Crippen molar-refractivity contribution in [2.24, 2.45) is 5.92 Å². The van der Waals surface area contributed by atoms with Crippen molar-refractivity contribution in [1.29, 1.82) is 0 Å². The minimum absolute atomic E-state index is 0.0677. The molecular weight excluding hydrogens is 239 g/mol. The van der Waals surface area contributed by atoms with Crippen molar-refractivity contribution in [3.63, 3.8) is 0 Å². The number of rotatable bonds is 2. The maximum atomic E-state index is 13.3. The molecule has 0 saturated heterocycles. The van der Waals surface area contributed by atoms with Crippen LogP contribution < -0.4 is 0 Å². The van der Waals surface area contributed by atoms with Crippen LogP contribution in [0.15, 0.2) is 18.2 Å². The Balaban J connectivity index is 2.14. The van der Waals surface area contributed by atoms with Gasteiger partial charge in [-0.05, 0) is 31.0 Å². The van der Waals surface area contributed by atoms with E-state index in [1.165, 1.54) is 25.0 Å². The van der Waals surface area contributed by atoms with Crippen LogP contribution in [0.5, 0.6) is 0 Å². The molecule has 0 N–H and O–H groups in total. The zero-order chi connectivity index (χ0) is 12.3. The van der Waals surface area contributed by atoms with Crippen molar-refractivity contribution in [2.75, 3.05) is 0 Å². The predicted molar refractivity (Wildman–Crippen MR) is 66.9 cm³/mol. The van der Waals surface area contributed by atoms with Gasteiger partial charge in [-0.1, -0.05) is 37.3 Å². The zero-order valence-electron chi connectivity index (χ0n) is 9.72. The van der Waals surface area contributed by atoms with Gasteiger partial charge in [-0.25, -0.2) is 4.39 Å². The first-order chi connectivity index (χ1) is 8.18. The molecule has 1 aliphatic rings. The van der Waals surface area contributed by atoms with E-state index in [9.17, 15) is 9.18 Å². The number of carbonyl (C=O) groups excluding carboxylic acids is 1. The minimum Gasteiger partial charge on any atom is -0.294 e. The van der Waals surface area contributed by atoms with Gasteiger partial charge in [0.1, 0.15) is 5.82 Å². The summed E-state index contributed by atoms with van der Waals surface area (Å²) in [5, 5.41) is 0.0717. The van der Waals surface area contributed by atoms with Crippen LogP contribution in [0, 0.1) is 11.7 Å². The van der Waals surface area contributed by atoms with Crippen molar-refractivity contribution in [3.8, 4) is 0 Å². The number of ketones is 1. The summed E-state index contributed by atoms with van der Waals surface area (Å²) in [7, 11) is 0. The second kappa shape index (κ2) is 5.63. The van der Waals surface area contributed by atoms with Crippen LogP contribution >= 0.6 is 11.6 Å². The standard InChI is InChI=1S/C14H16ClFO/c15-12-8-7-11(9-13(12)16)14(17)10-5-3-1-2-4-6-10/h7-10H,1-6H2. The molecule has 0 bridgehead atoms. The Kier molecular flexibility index (Phi) is 4.16. The van der Waals surface area contributed by atoms with E-state index in [2.05, 4.69) is 0 Å². The average molecular weight is 255 g/mol. The second-order valence-corrected chi connectivity index (χ2v) is 5.09. The lowest BCUT2D eigenvalue weighted by molar-refractivity contribution is 0.0907. The summed E-state index contributed by atoms with van der Waals surface area (Å²) in [5.74, 6) is -0.369. The summed E-state index contributed by atoms with van der Waals surface area (Å²) in [5.41, 5.74) is 0.457. The van der Waals surface area contributed by atoms with Crippen molar-refractivity contribution in [3.05, 3.63) is 34.6 Å². The second-order valence-electron chi connectivity index (χ2n) is 4.68. The number of Topliss-reactive ketones (excluding diaryl/α,β-unsaturated/α-hetero) is 1. The van der Waals surface area contributed by atoms with Crippen molar-refractivity contribution >= 4 is 17.4 Å². The molecule has 1 aliphatic carbocycles. The van der Waals surface area contributed by atoms with Crippen LogP contribution in [-0.2, 0) is 0 Å². The molecule has 0 aromatic heterocycles. The summed E-state index contributed by atoms with van der Waals surface area (Å²) < 4.78 is 13.3. The molecule has 1 aromatic carbocycles. The molecule has 1 nitrogen and oxygen atoms in total. The highest BCUT2D eigenvalue weighted by molar-refractivity contribution is 6.30. The van der Waals surface area contributed by atoms with Gasteiger partial charge in [-0.3, -0.25) is 4.79 Å². The summed E-state index contributed by atoms with van der Waals surface area (Å²) in [4.78, 5) is 12.2. The van der Waals surface area contributed by atoms with E-state index in [0.29, 0.717) is 5.56 Å². The number of carbonyl (C=O) groups is 1. The number of benzene rings is 1. The molecule has 0 amide bonds. The lowest BCUT2D eigenvalue weighted by atomic mass is 9.91. The molecular formula is C14H16ClFO. The molecule has 92 valence electrons. The molecule has 0 heterocycles. The highest BCUT2D eigenvalue weighted by Crippen LogP contribution is 2.27. The lowest BCUT2D eigenvalue weighted by Gasteiger charge is -2.12. The third kappa shape index (κ3) is 3.06. The smallest absolute Gasteiger partial charge is 0.166 e. The third-order valence-electron chi connectivity index (χ3n) is 3.43. The van der Waals surface area contributed by atoms with Crippen molar-refractivity contribution in [2.45, 2.75) is 38.5 Å². The molecule has 1 saturated carbocycles. The summed E-state index contributed by atoms with van der Waals surface area (Å²) in [6.45, 7) is 0. The SMILES string of the molecule is O=C(c1ccc(Cl)c(F)c1)C1CCCCCC1. The van der Waals surface area contributed by atoms with Crippen molar-refractivity contribution < 1.29 is 9.18 Å². The molecule has 17 heavy (non-hydrogen) atoms. The zero-order valence-corrected chi connectivity index (χ0v) is 10.5. The van der Waals surface area contributed by atoms with E-state index in [4.69, 9.17) is 11.6 Å². The molecule has 0 radical (unpaired) electrons. The molecule has 0 aliphatic heterocycles. The fourth-order valence-corrected chi connectivity index (χ4v) is 2.54. The van der Waals surface area contributed by atoms with E-state index in [1.807, 2.05) is 0 Å². The Morgan fingerprint density at radius 2 is 1.82 bits per heavy atom. The molecule has 0 atom stereocenters. The Bertz CT molecular complexity index is 409. The van der Waals surface area contributed by atoms with Crippen LogP contribution in [0.3, 0.4) is 0 Å². The van der Waals surface area contributed by atoms with Gasteiger partial charge < -0.3 is 0 Å². The molecule has 0 unspecified atom stereocenters. The fourth-order valence-electron chi connectivity index (χ4n) is 2.43. The first kappa shape index (κ1) is 12.6. The topological polar surface area (TPSA) is 17.1 Å². The van der Waals surface area contributed by atoms with Crippen LogP contribution in [0.2, 0.25) is 5.02 Å². The van der Waals surface area contributed by atoms with E-state index < -0.39 is 5.82 Å². The summed E-state index contributed by atoms with van der Waals surface area (Å²) >= 11 is 5.61. The molecule has 0 spiro atoms. The largest absolute Gasteiger partial charge is 0.294 e. The van der Waals surface area contributed by atoms with Crippen LogP contribution in [0.1, 0.15) is 48.9 Å². The maximum Gasteiger partial charge on any atom is 0.166 e. The van der Waals surface area contributed by atoms with Gasteiger partial charge in [0.05, 0.1) is 5.02 Å². The number of hydrogen-bond donors (Lipinski definition) is 0. The lowest BCUT2D eigenvalue weighted by Crippen LogP contribution is -2.14. The van der Waals surface area contributed by atoms with Crippen molar-refractivity contribution in [1.82, 2.24) is 0 Å². The fraction of sp³-hybridized carbons (Fsp3) is 0.500. The van der Waals surface area contributed by atoms with Gasteiger partial charge in [-0.15, -0.1) is 0 Å². The normalized spacial score (nSPS) is 17.8. The predicted octanol–water partition coefficient (Wildman–Crippen LogP) is 4.63. The van der Waals surface area contributed by atoms with Crippen LogP contribution in [0.4, 0.5) is 4.39 Å². The number of halogens is 2. The summed E-state index contributed by atoms with van der Waals surface area (Å²) in [6, 6.07) is 4.34. The Morgan fingerprint density at radius 1 is 1.18 bits per heavy atom. The molecule has 1 fully saturated rings. The van der Waals surface area contributed by atoms with Gasteiger partial charge in [0.2, 0.25) is 0 Å². The van der Waals surface area contributed by atoms with E-state index in [0.717, 1.165) is 25.7 Å². The van der Waals surface area contributed by atoms with Crippen LogP contribution in [-0.4, -0.2) is 5.78 Å². The highest BCUT2D eigenvalue weighted by Gasteiger charge is 2.21. The van der Waals surface area contributed by atoms with Gasteiger partial charge in [0, 0.05) is 11.5 Å². The average Bonchev–Trinajstić information content (AvgIpc) is 2.60. The Morgan fingerprint density at radius 3 is 2.41 bits per heavy atom. The molecule has 2 rings (SSSR count). The summed E-state index contributed by atoms with van der Waals surface area (Å²) in [6.07, 6.45) is 6.49. The molecule has 3 heteroatoms. The van der Waals surface area contributed by atoms with E-state index in [-0.39, 0.29) is 16.7 Å². The molecule has 1 aromatic rings. The first-order valence-electron chi connectivity index (χ1n) is 6.18. The quantitative estimate of drug-likeness (QED) is 0.555. The van der Waals surface area contributed by atoms with E-state index >= 15 is 0 Å². The Hall–Kier alpha value is -0.890. The minimum atomic E-state index is -0.508.